The van der Waals surface area contributed by atoms with E-state index >= 15 is 0 Å². The predicted molar refractivity (Wildman–Crippen MR) is 90.3 cm³/mol. The number of nitrogens with zero attached hydrogens (tertiary/aromatic N) is 4. The second-order valence-corrected chi connectivity index (χ2v) is 6.44. The molecule has 1 atom stereocenters. The molecule has 8 heteroatoms. The number of ether oxygens (including phenoxy) is 1. The highest BCUT2D eigenvalue weighted by molar-refractivity contribution is 6.43. The Morgan fingerprint density at radius 1 is 1.43 bits per heavy atom. The third-order valence-electron chi connectivity index (χ3n) is 3.68. The molecule has 2 heterocycles. The van der Waals surface area contributed by atoms with Crippen LogP contribution in [0.5, 0.6) is 0 Å². The highest BCUT2D eigenvalue weighted by atomic mass is 35.5. The van der Waals surface area contributed by atoms with Gasteiger partial charge in [0.25, 0.3) is 0 Å². The Hall–Kier alpha value is -1.18. The molecule has 1 fully saturated rings. The molecule has 2 aromatic rings. The summed E-state index contributed by atoms with van der Waals surface area (Å²) in [5.74, 6) is 0. The average Bonchev–Trinajstić information content (AvgIpc) is 2.99. The van der Waals surface area contributed by atoms with Crippen LogP contribution in [0.4, 0.5) is 0 Å². The summed E-state index contributed by atoms with van der Waals surface area (Å²) in [7, 11) is 2.06. The van der Waals surface area contributed by atoms with E-state index in [1.807, 2.05) is 18.3 Å². The molecule has 1 saturated heterocycles. The van der Waals surface area contributed by atoms with Crippen molar-refractivity contribution in [3.63, 3.8) is 0 Å². The van der Waals surface area contributed by atoms with E-state index in [-0.39, 0.29) is 0 Å². The molecule has 0 radical (unpaired) electrons. The number of morpholine rings is 1. The summed E-state index contributed by atoms with van der Waals surface area (Å²) in [6, 6.07) is 5.80. The molecule has 1 N–H and O–H groups in total. The van der Waals surface area contributed by atoms with Crippen molar-refractivity contribution in [3.05, 3.63) is 40.1 Å². The van der Waals surface area contributed by atoms with Crippen LogP contribution >= 0.6 is 23.2 Å². The smallest absolute Gasteiger partial charge is 0.0971 e. The number of rotatable bonds is 5. The van der Waals surface area contributed by atoms with Crippen LogP contribution in [-0.2, 0) is 11.3 Å². The number of likely N-dealkylation sites (N-methyl/N-ethyl adjacent to an activating group) is 1. The minimum Gasteiger partial charge on any atom is -0.378 e. The summed E-state index contributed by atoms with van der Waals surface area (Å²) in [6.07, 6.45) is 1.87. The van der Waals surface area contributed by atoms with E-state index in [2.05, 4.69) is 27.6 Å². The summed E-state index contributed by atoms with van der Waals surface area (Å²) < 4.78 is 7.12. The molecule has 0 aliphatic carbocycles. The predicted octanol–water partition coefficient (Wildman–Crippen LogP) is 1.99. The van der Waals surface area contributed by atoms with Gasteiger partial charge in [-0.1, -0.05) is 34.5 Å². The number of halogens is 2. The van der Waals surface area contributed by atoms with Crippen molar-refractivity contribution in [1.29, 1.82) is 0 Å². The highest BCUT2D eigenvalue weighted by Gasteiger charge is 2.16. The maximum Gasteiger partial charge on any atom is 0.0971 e. The molecular formula is C15H19Cl2N5O. The van der Waals surface area contributed by atoms with E-state index < -0.39 is 0 Å². The third-order valence-corrected chi connectivity index (χ3v) is 4.49. The maximum absolute atomic E-state index is 6.22. The van der Waals surface area contributed by atoms with E-state index in [1.165, 1.54) is 0 Å². The first-order valence-corrected chi connectivity index (χ1v) is 8.24. The van der Waals surface area contributed by atoms with Gasteiger partial charge in [-0.15, -0.1) is 5.10 Å². The monoisotopic (exact) mass is 355 g/mol. The molecule has 1 aromatic carbocycles. The Bertz CT molecular complexity index is 657. The molecular weight excluding hydrogens is 337 g/mol. The Morgan fingerprint density at radius 2 is 2.30 bits per heavy atom. The van der Waals surface area contributed by atoms with Crippen LogP contribution in [0.25, 0.3) is 5.69 Å². The SMILES string of the molecule is CN(Cc1cn(-c2cccc(Cl)c2Cl)nn1)CC1COCCN1. The lowest BCUT2D eigenvalue weighted by molar-refractivity contribution is 0.0643. The molecule has 0 amide bonds. The molecule has 1 aliphatic rings. The Balaban J connectivity index is 1.63. The standard InChI is InChI=1S/C15H19Cl2N5O/c1-21(8-12-10-23-6-5-18-12)7-11-9-22(20-19-11)14-4-2-3-13(16)15(14)17/h2-4,9,12,18H,5-8,10H2,1H3. The van der Waals surface area contributed by atoms with E-state index in [9.17, 15) is 0 Å². The number of benzene rings is 1. The molecule has 1 aliphatic heterocycles. The van der Waals surface area contributed by atoms with Crippen molar-refractivity contribution in [1.82, 2.24) is 25.2 Å². The normalized spacial score (nSPS) is 18.5. The van der Waals surface area contributed by atoms with Crippen molar-refractivity contribution >= 4 is 23.2 Å². The van der Waals surface area contributed by atoms with Crippen LogP contribution in [-0.4, -0.2) is 59.3 Å². The highest BCUT2D eigenvalue weighted by Crippen LogP contribution is 2.27. The molecule has 0 bridgehead atoms. The van der Waals surface area contributed by atoms with Crippen LogP contribution in [0.1, 0.15) is 5.69 Å². The zero-order valence-electron chi connectivity index (χ0n) is 12.9. The second-order valence-electron chi connectivity index (χ2n) is 5.65. The number of hydrogen-bond donors (Lipinski definition) is 1. The zero-order valence-corrected chi connectivity index (χ0v) is 14.4. The fourth-order valence-electron chi connectivity index (χ4n) is 2.61. The number of hydrogen-bond acceptors (Lipinski definition) is 5. The van der Waals surface area contributed by atoms with Gasteiger partial charge in [-0.3, -0.25) is 4.90 Å². The van der Waals surface area contributed by atoms with Crippen LogP contribution < -0.4 is 5.32 Å². The van der Waals surface area contributed by atoms with Gasteiger partial charge < -0.3 is 10.1 Å². The minimum absolute atomic E-state index is 0.353. The van der Waals surface area contributed by atoms with Crippen molar-refractivity contribution < 1.29 is 4.74 Å². The van der Waals surface area contributed by atoms with Gasteiger partial charge >= 0.3 is 0 Å². The molecule has 0 saturated carbocycles. The molecule has 3 rings (SSSR count). The summed E-state index contributed by atoms with van der Waals surface area (Å²) in [4.78, 5) is 2.19. The summed E-state index contributed by atoms with van der Waals surface area (Å²) in [5.41, 5.74) is 1.60. The summed E-state index contributed by atoms with van der Waals surface area (Å²) in [6.45, 7) is 4.03. The largest absolute Gasteiger partial charge is 0.378 e. The topological polar surface area (TPSA) is 55.2 Å². The van der Waals surface area contributed by atoms with Gasteiger partial charge in [0.05, 0.1) is 40.8 Å². The van der Waals surface area contributed by atoms with Gasteiger partial charge in [0.2, 0.25) is 0 Å². The zero-order chi connectivity index (χ0) is 16.2. The molecule has 1 unspecified atom stereocenters. The van der Waals surface area contributed by atoms with E-state index in [0.717, 1.165) is 37.7 Å². The van der Waals surface area contributed by atoms with Crippen LogP contribution in [0.2, 0.25) is 10.0 Å². The second kappa shape index (κ2) is 7.59. The maximum atomic E-state index is 6.22. The summed E-state index contributed by atoms with van der Waals surface area (Å²) in [5, 5.41) is 12.8. The van der Waals surface area contributed by atoms with E-state index in [0.29, 0.717) is 22.6 Å². The average molecular weight is 356 g/mol. The lowest BCUT2D eigenvalue weighted by Crippen LogP contribution is -2.47. The van der Waals surface area contributed by atoms with Gasteiger partial charge in [0.1, 0.15) is 0 Å². The van der Waals surface area contributed by atoms with Gasteiger partial charge in [0, 0.05) is 25.7 Å². The summed E-state index contributed by atoms with van der Waals surface area (Å²) >= 11 is 12.3. The first kappa shape index (κ1) is 16.7. The van der Waals surface area contributed by atoms with Gasteiger partial charge in [0.15, 0.2) is 0 Å². The van der Waals surface area contributed by atoms with Crippen molar-refractivity contribution in [2.75, 3.05) is 33.4 Å². The first-order chi connectivity index (χ1) is 11.1. The van der Waals surface area contributed by atoms with Crippen molar-refractivity contribution in [2.24, 2.45) is 0 Å². The van der Waals surface area contributed by atoms with Crippen molar-refractivity contribution in [2.45, 2.75) is 12.6 Å². The van der Waals surface area contributed by atoms with Gasteiger partial charge in [-0.25, -0.2) is 4.68 Å². The molecule has 0 spiro atoms. The Labute approximate surface area is 145 Å². The lowest BCUT2D eigenvalue weighted by Gasteiger charge is -2.27. The van der Waals surface area contributed by atoms with Crippen LogP contribution in [0.15, 0.2) is 24.4 Å². The lowest BCUT2D eigenvalue weighted by atomic mass is 10.2. The Morgan fingerprint density at radius 3 is 3.09 bits per heavy atom. The Kier molecular flexibility index (Phi) is 5.50. The van der Waals surface area contributed by atoms with E-state index in [1.54, 1.807) is 10.7 Å². The molecule has 23 heavy (non-hydrogen) atoms. The third kappa shape index (κ3) is 4.22. The number of nitrogens with one attached hydrogen (secondary N) is 1. The van der Waals surface area contributed by atoms with Crippen molar-refractivity contribution in [3.8, 4) is 5.69 Å². The molecule has 1 aromatic heterocycles. The minimum atomic E-state index is 0.353. The van der Waals surface area contributed by atoms with E-state index in [4.69, 9.17) is 27.9 Å². The van der Waals surface area contributed by atoms with Crippen LogP contribution in [0, 0.1) is 0 Å². The van der Waals surface area contributed by atoms with Gasteiger partial charge in [-0.2, -0.15) is 0 Å². The van der Waals surface area contributed by atoms with Gasteiger partial charge in [-0.05, 0) is 19.2 Å². The quantitative estimate of drug-likeness (QED) is 0.888. The molecule has 124 valence electrons. The number of aromatic nitrogens is 3. The first-order valence-electron chi connectivity index (χ1n) is 7.49. The van der Waals surface area contributed by atoms with Crippen LogP contribution in [0.3, 0.4) is 0 Å². The fraction of sp³-hybridized carbons (Fsp3) is 0.467. The fourth-order valence-corrected chi connectivity index (χ4v) is 2.99. The molecule has 6 nitrogen and oxygen atoms in total.